The predicted octanol–water partition coefficient (Wildman–Crippen LogP) is 0.236. The molecule has 0 radical (unpaired) electrons. The third-order valence-electron chi connectivity index (χ3n) is 3.93. The topological polar surface area (TPSA) is 113 Å². The van der Waals surface area contributed by atoms with Crippen molar-refractivity contribution in [2.75, 3.05) is 6.61 Å². The Morgan fingerprint density at radius 1 is 1.42 bits per heavy atom. The highest BCUT2D eigenvalue weighted by Gasteiger charge is 2.35. The van der Waals surface area contributed by atoms with Crippen molar-refractivity contribution in [1.82, 2.24) is 5.32 Å². The quantitative estimate of drug-likeness (QED) is 0.553. The first-order valence-electron chi connectivity index (χ1n) is 6.79. The Hall–Kier alpha value is -1.14. The lowest BCUT2D eigenvalue weighted by Gasteiger charge is -2.39. The Morgan fingerprint density at radius 3 is 2.47 bits per heavy atom. The SMILES string of the molecule is CC1CCC(CO)(NC(=O)C(N)CCC(=O)O)CC1. The minimum atomic E-state index is -0.966. The molecule has 0 heterocycles. The van der Waals surface area contributed by atoms with Crippen molar-refractivity contribution in [3.8, 4) is 0 Å². The van der Waals surface area contributed by atoms with E-state index in [1.165, 1.54) is 0 Å². The normalized spacial score (nSPS) is 28.7. The van der Waals surface area contributed by atoms with Crippen LogP contribution >= 0.6 is 0 Å². The van der Waals surface area contributed by atoms with Crippen molar-refractivity contribution < 1.29 is 19.8 Å². The first kappa shape index (κ1) is 15.9. The van der Waals surface area contributed by atoms with Crippen molar-refractivity contribution in [3.63, 3.8) is 0 Å². The van der Waals surface area contributed by atoms with Gasteiger partial charge in [0.25, 0.3) is 0 Å². The zero-order valence-electron chi connectivity index (χ0n) is 11.4. The van der Waals surface area contributed by atoms with E-state index in [4.69, 9.17) is 10.8 Å². The lowest BCUT2D eigenvalue weighted by molar-refractivity contribution is -0.137. The third kappa shape index (κ3) is 4.80. The highest BCUT2D eigenvalue weighted by molar-refractivity contribution is 5.82. The summed E-state index contributed by atoms with van der Waals surface area (Å²) in [6.45, 7) is 2.05. The average molecular weight is 272 g/mol. The smallest absolute Gasteiger partial charge is 0.303 e. The van der Waals surface area contributed by atoms with E-state index in [9.17, 15) is 14.7 Å². The van der Waals surface area contributed by atoms with Gasteiger partial charge in [0, 0.05) is 6.42 Å². The molecule has 0 aromatic rings. The second-order valence-electron chi connectivity index (χ2n) is 5.65. The van der Waals surface area contributed by atoms with Crippen LogP contribution in [0.3, 0.4) is 0 Å². The number of carbonyl (C=O) groups excluding carboxylic acids is 1. The minimum absolute atomic E-state index is 0.100. The number of aliphatic hydroxyl groups excluding tert-OH is 1. The molecule has 0 saturated heterocycles. The van der Waals surface area contributed by atoms with Gasteiger partial charge in [0.1, 0.15) is 0 Å². The maximum Gasteiger partial charge on any atom is 0.303 e. The van der Waals surface area contributed by atoms with Gasteiger partial charge in [0.2, 0.25) is 5.91 Å². The number of carbonyl (C=O) groups is 2. The second-order valence-corrected chi connectivity index (χ2v) is 5.65. The monoisotopic (exact) mass is 272 g/mol. The van der Waals surface area contributed by atoms with E-state index in [1.807, 2.05) is 0 Å². The van der Waals surface area contributed by atoms with Gasteiger partial charge in [0.05, 0.1) is 18.2 Å². The summed E-state index contributed by atoms with van der Waals surface area (Å²) in [7, 11) is 0. The number of nitrogens with two attached hydrogens (primary N) is 1. The number of rotatable bonds is 6. The molecule has 6 heteroatoms. The maximum absolute atomic E-state index is 11.9. The fourth-order valence-corrected chi connectivity index (χ4v) is 2.40. The van der Waals surface area contributed by atoms with Crippen LogP contribution in [-0.4, -0.2) is 40.3 Å². The van der Waals surface area contributed by atoms with Gasteiger partial charge in [-0.15, -0.1) is 0 Å². The molecule has 1 aliphatic carbocycles. The molecular formula is C13H24N2O4. The summed E-state index contributed by atoms with van der Waals surface area (Å²) in [5.74, 6) is -0.728. The molecular weight excluding hydrogens is 248 g/mol. The van der Waals surface area contributed by atoms with E-state index in [0.717, 1.165) is 25.7 Å². The van der Waals surface area contributed by atoms with E-state index >= 15 is 0 Å². The lowest BCUT2D eigenvalue weighted by atomic mass is 9.77. The molecule has 0 aromatic carbocycles. The van der Waals surface area contributed by atoms with Crippen LogP contribution < -0.4 is 11.1 Å². The van der Waals surface area contributed by atoms with Gasteiger partial charge < -0.3 is 21.3 Å². The molecule has 1 unspecified atom stereocenters. The van der Waals surface area contributed by atoms with E-state index in [0.29, 0.717) is 5.92 Å². The molecule has 110 valence electrons. The molecule has 0 bridgehead atoms. The zero-order chi connectivity index (χ0) is 14.5. The molecule has 0 spiro atoms. The van der Waals surface area contributed by atoms with Crippen LogP contribution in [-0.2, 0) is 9.59 Å². The highest BCUT2D eigenvalue weighted by atomic mass is 16.4. The molecule has 1 fully saturated rings. The minimum Gasteiger partial charge on any atom is -0.481 e. The summed E-state index contributed by atoms with van der Waals surface area (Å²) < 4.78 is 0. The van der Waals surface area contributed by atoms with Crippen LogP contribution in [0, 0.1) is 5.92 Å². The zero-order valence-corrected chi connectivity index (χ0v) is 11.4. The number of carboxylic acids is 1. The Bertz CT molecular complexity index is 325. The summed E-state index contributed by atoms with van der Waals surface area (Å²) in [5.41, 5.74) is 5.09. The largest absolute Gasteiger partial charge is 0.481 e. The molecule has 19 heavy (non-hydrogen) atoms. The Balaban J connectivity index is 2.50. The van der Waals surface area contributed by atoms with Gasteiger partial charge in [-0.3, -0.25) is 9.59 Å². The first-order valence-corrected chi connectivity index (χ1v) is 6.79. The average Bonchev–Trinajstić information content (AvgIpc) is 2.38. The summed E-state index contributed by atoms with van der Waals surface area (Å²) >= 11 is 0. The summed E-state index contributed by atoms with van der Waals surface area (Å²) in [6, 6.07) is -0.834. The first-order chi connectivity index (χ1) is 8.88. The van der Waals surface area contributed by atoms with Crippen LogP contribution in [0.5, 0.6) is 0 Å². The Labute approximate surface area is 113 Å². The van der Waals surface area contributed by atoms with E-state index in [-0.39, 0.29) is 25.4 Å². The van der Waals surface area contributed by atoms with Crippen LogP contribution in [0.25, 0.3) is 0 Å². The molecule has 1 rings (SSSR count). The van der Waals surface area contributed by atoms with Crippen molar-refractivity contribution in [3.05, 3.63) is 0 Å². The molecule has 1 aliphatic rings. The molecule has 0 aromatic heterocycles. The van der Waals surface area contributed by atoms with E-state index in [2.05, 4.69) is 12.2 Å². The summed E-state index contributed by atoms with van der Waals surface area (Å²) in [4.78, 5) is 22.4. The van der Waals surface area contributed by atoms with E-state index in [1.54, 1.807) is 0 Å². The molecule has 1 atom stereocenters. The number of aliphatic carboxylic acids is 1. The number of nitrogens with one attached hydrogen (secondary N) is 1. The fourth-order valence-electron chi connectivity index (χ4n) is 2.40. The lowest BCUT2D eigenvalue weighted by Crippen LogP contribution is -2.57. The van der Waals surface area contributed by atoms with E-state index < -0.39 is 17.6 Å². The number of carboxylic acid groups (broad SMARTS) is 1. The molecule has 0 aliphatic heterocycles. The van der Waals surface area contributed by atoms with Crippen molar-refractivity contribution in [1.29, 1.82) is 0 Å². The molecule has 6 nitrogen and oxygen atoms in total. The van der Waals surface area contributed by atoms with Gasteiger partial charge in [0.15, 0.2) is 0 Å². The standard InChI is InChI=1S/C13H24N2O4/c1-9-4-6-13(8-16,7-5-9)15-12(19)10(14)2-3-11(17)18/h9-10,16H,2-8,14H2,1H3,(H,15,19)(H,17,18). The third-order valence-corrected chi connectivity index (χ3v) is 3.93. The van der Waals surface area contributed by atoms with Gasteiger partial charge in [-0.1, -0.05) is 6.92 Å². The molecule has 1 saturated carbocycles. The van der Waals surface area contributed by atoms with Crippen LogP contribution in [0.1, 0.15) is 45.4 Å². The number of hydrogen-bond acceptors (Lipinski definition) is 4. The molecule has 1 amide bonds. The van der Waals surface area contributed by atoms with Gasteiger partial charge in [-0.2, -0.15) is 0 Å². The maximum atomic E-state index is 11.9. The Kier molecular flexibility index (Phi) is 5.75. The van der Waals surface area contributed by atoms with Crippen molar-refractivity contribution >= 4 is 11.9 Å². The summed E-state index contributed by atoms with van der Waals surface area (Å²) in [6.07, 6.45) is 3.39. The van der Waals surface area contributed by atoms with Crippen LogP contribution in [0.15, 0.2) is 0 Å². The second kappa shape index (κ2) is 6.86. The fraction of sp³-hybridized carbons (Fsp3) is 0.846. The number of hydrogen-bond donors (Lipinski definition) is 4. The summed E-state index contributed by atoms with van der Waals surface area (Å²) in [5, 5.41) is 20.9. The highest BCUT2D eigenvalue weighted by Crippen LogP contribution is 2.31. The predicted molar refractivity (Wildman–Crippen MR) is 70.4 cm³/mol. The Morgan fingerprint density at radius 2 is 2.00 bits per heavy atom. The van der Waals surface area contributed by atoms with Gasteiger partial charge >= 0.3 is 5.97 Å². The van der Waals surface area contributed by atoms with Crippen molar-refractivity contribution in [2.45, 2.75) is 57.0 Å². The number of amides is 1. The van der Waals surface area contributed by atoms with Crippen molar-refractivity contribution in [2.24, 2.45) is 11.7 Å². The van der Waals surface area contributed by atoms with Gasteiger partial charge in [-0.05, 0) is 38.0 Å². The van der Waals surface area contributed by atoms with Crippen LogP contribution in [0.4, 0.5) is 0 Å². The molecule has 5 N–H and O–H groups in total. The van der Waals surface area contributed by atoms with Crippen LogP contribution in [0.2, 0.25) is 0 Å². The number of aliphatic hydroxyl groups is 1. The van der Waals surface area contributed by atoms with Gasteiger partial charge in [-0.25, -0.2) is 0 Å².